The third kappa shape index (κ3) is 4.65. The van der Waals surface area contributed by atoms with Gasteiger partial charge in [0.25, 0.3) is 0 Å². The predicted molar refractivity (Wildman–Crippen MR) is 109 cm³/mol. The van der Waals surface area contributed by atoms with E-state index in [1.54, 1.807) is 24.9 Å². The Morgan fingerprint density at radius 2 is 1.82 bits per heavy atom. The molecule has 0 atom stereocenters. The van der Waals surface area contributed by atoms with Gasteiger partial charge in [-0.25, -0.2) is 4.39 Å². The molecule has 0 unspecified atom stereocenters. The molecule has 0 fully saturated rings. The van der Waals surface area contributed by atoms with Crippen LogP contribution in [0.15, 0.2) is 47.6 Å². The average Bonchev–Trinajstić information content (AvgIpc) is 3.13. The summed E-state index contributed by atoms with van der Waals surface area (Å²) < 4.78 is 26.3. The molecule has 3 rings (SSSR count). The van der Waals surface area contributed by atoms with Crippen LogP contribution >= 0.6 is 11.8 Å². The number of benzene rings is 2. The monoisotopic (exact) mass is 401 g/mol. The van der Waals surface area contributed by atoms with Gasteiger partial charge in [-0.1, -0.05) is 31.2 Å². The second-order valence-corrected chi connectivity index (χ2v) is 7.24. The normalized spacial score (nSPS) is 10.9. The van der Waals surface area contributed by atoms with Crippen LogP contribution < -0.4 is 9.47 Å². The summed E-state index contributed by atoms with van der Waals surface area (Å²) >= 11 is 1.55. The van der Waals surface area contributed by atoms with Gasteiger partial charge in [0, 0.05) is 17.9 Å². The van der Waals surface area contributed by atoms with Crippen molar-refractivity contribution in [2.75, 3.05) is 14.2 Å². The molecule has 0 aliphatic heterocycles. The minimum absolute atomic E-state index is 0.252. The lowest BCUT2D eigenvalue weighted by molar-refractivity contribution is 0.386. The molecule has 0 amide bonds. The van der Waals surface area contributed by atoms with Crippen molar-refractivity contribution in [3.63, 3.8) is 0 Å². The highest BCUT2D eigenvalue weighted by molar-refractivity contribution is 7.98. The Morgan fingerprint density at radius 3 is 2.46 bits per heavy atom. The summed E-state index contributed by atoms with van der Waals surface area (Å²) in [6.45, 7) is 2.99. The first-order chi connectivity index (χ1) is 13.7. The van der Waals surface area contributed by atoms with Gasteiger partial charge in [-0.2, -0.15) is 0 Å². The highest BCUT2D eigenvalue weighted by atomic mass is 32.2. The Kier molecular flexibility index (Phi) is 6.92. The van der Waals surface area contributed by atoms with Crippen molar-refractivity contribution in [1.29, 1.82) is 0 Å². The molecule has 2 aromatic carbocycles. The number of aromatic nitrogens is 3. The third-order valence-corrected chi connectivity index (χ3v) is 5.42. The van der Waals surface area contributed by atoms with Gasteiger partial charge in [0.15, 0.2) is 22.5 Å². The van der Waals surface area contributed by atoms with E-state index in [1.807, 2.05) is 30.3 Å². The maximum Gasteiger partial charge on any atom is 0.191 e. The van der Waals surface area contributed by atoms with E-state index in [-0.39, 0.29) is 11.6 Å². The van der Waals surface area contributed by atoms with Crippen LogP contribution in [0, 0.1) is 5.82 Å². The topological polar surface area (TPSA) is 49.2 Å². The van der Waals surface area contributed by atoms with Crippen molar-refractivity contribution < 1.29 is 13.9 Å². The average molecular weight is 402 g/mol. The SMILES string of the molecule is CCCCn1c(SCc2ccc(OC)c(F)c2)nnc1-c1ccc(OC)cc1. The molecule has 0 spiro atoms. The number of ether oxygens (including phenoxy) is 2. The highest BCUT2D eigenvalue weighted by Crippen LogP contribution is 2.29. The molecule has 0 radical (unpaired) electrons. The largest absolute Gasteiger partial charge is 0.497 e. The standard InChI is InChI=1S/C21H24FN3O2S/c1-4-5-12-25-20(16-7-9-17(26-2)10-8-16)23-24-21(25)28-14-15-6-11-19(27-3)18(22)13-15/h6-11,13H,4-5,12,14H2,1-3H3. The summed E-state index contributed by atoms with van der Waals surface area (Å²) in [6, 6.07) is 12.8. The van der Waals surface area contributed by atoms with Crippen LogP contribution in [0.2, 0.25) is 0 Å². The zero-order valence-corrected chi connectivity index (χ0v) is 17.1. The van der Waals surface area contributed by atoms with Crippen LogP contribution in [0.3, 0.4) is 0 Å². The first kappa shape index (κ1) is 20.2. The van der Waals surface area contributed by atoms with Crippen molar-refractivity contribution in [2.45, 2.75) is 37.2 Å². The Hall–Kier alpha value is -2.54. The van der Waals surface area contributed by atoms with Gasteiger partial charge in [-0.3, -0.25) is 0 Å². The number of methoxy groups -OCH3 is 2. The van der Waals surface area contributed by atoms with E-state index in [2.05, 4.69) is 21.7 Å². The van der Waals surface area contributed by atoms with E-state index >= 15 is 0 Å². The van der Waals surface area contributed by atoms with Crippen molar-refractivity contribution in [3.05, 3.63) is 53.8 Å². The van der Waals surface area contributed by atoms with E-state index in [0.29, 0.717) is 5.75 Å². The number of thioether (sulfide) groups is 1. The summed E-state index contributed by atoms with van der Waals surface area (Å²) in [4.78, 5) is 0. The van der Waals surface area contributed by atoms with E-state index in [0.717, 1.165) is 47.2 Å². The van der Waals surface area contributed by atoms with Gasteiger partial charge in [-0.05, 0) is 48.4 Å². The van der Waals surface area contributed by atoms with Crippen LogP contribution in [0.4, 0.5) is 4.39 Å². The molecule has 0 N–H and O–H groups in total. The second-order valence-electron chi connectivity index (χ2n) is 6.30. The molecule has 0 saturated heterocycles. The molecule has 1 heterocycles. The van der Waals surface area contributed by atoms with Gasteiger partial charge < -0.3 is 14.0 Å². The van der Waals surface area contributed by atoms with Crippen LogP contribution in [0.25, 0.3) is 11.4 Å². The van der Waals surface area contributed by atoms with Crippen molar-refractivity contribution in [2.24, 2.45) is 0 Å². The zero-order chi connectivity index (χ0) is 19.9. The number of rotatable bonds is 9. The molecule has 7 heteroatoms. The fourth-order valence-corrected chi connectivity index (χ4v) is 3.72. The van der Waals surface area contributed by atoms with Gasteiger partial charge in [0.05, 0.1) is 14.2 Å². The van der Waals surface area contributed by atoms with Gasteiger partial charge >= 0.3 is 0 Å². The fourth-order valence-electron chi connectivity index (χ4n) is 2.81. The van der Waals surface area contributed by atoms with E-state index in [1.165, 1.54) is 13.2 Å². The van der Waals surface area contributed by atoms with Gasteiger partial charge in [0.2, 0.25) is 0 Å². The summed E-state index contributed by atoms with van der Waals surface area (Å²) in [7, 11) is 3.11. The van der Waals surface area contributed by atoms with Crippen LogP contribution in [0.5, 0.6) is 11.5 Å². The number of halogens is 1. The quantitative estimate of drug-likeness (QED) is 0.462. The minimum atomic E-state index is -0.355. The maximum absolute atomic E-state index is 13.9. The first-order valence-electron chi connectivity index (χ1n) is 9.19. The molecule has 5 nitrogen and oxygen atoms in total. The second kappa shape index (κ2) is 9.59. The number of hydrogen-bond donors (Lipinski definition) is 0. The van der Waals surface area contributed by atoms with Crippen LogP contribution in [-0.4, -0.2) is 29.0 Å². The van der Waals surface area contributed by atoms with Crippen LogP contribution in [0.1, 0.15) is 25.3 Å². The number of nitrogens with zero attached hydrogens (tertiary/aromatic N) is 3. The predicted octanol–water partition coefficient (Wildman–Crippen LogP) is 5.19. The first-order valence-corrected chi connectivity index (χ1v) is 10.2. The molecule has 0 saturated carbocycles. The van der Waals surface area contributed by atoms with Crippen molar-refractivity contribution >= 4 is 11.8 Å². The van der Waals surface area contributed by atoms with Gasteiger partial charge in [-0.15, -0.1) is 10.2 Å². The Bertz CT molecular complexity index is 913. The zero-order valence-electron chi connectivity index (χ0n) is 16.3. The summed E-state index contributed by atoms with van der Waals surface area (Å²) in [5.74, 6) is 2.14. The summed E-state index contributed by atoms with van der Waals surface area (Å²) in [5, 5.41) is 9.62. The molecule has 148 valence electrons. The lowest BCUT2D eigenvalue weighted by Crippen LogP contribution is -2.03. The molecule has 0 aliphatic rings. The molecule has 3 aromatic rings. The molecular formula is C21H24FN3O2S. The van der Waals surface area contributed by atoms with E-state index < -0.39 is 0 Å². The molecule has 0 aliphatic carbocycles. The smallest absolute Gasteiger partial charge is 0.191 e. The van der Waals surface area contributed by atoms with E-state index in [4.69, 9.17) is 9.47 Å². The third-order valence-electron chi connectivity index (χ3n) is 4.38. The minimum Gasteiger partial charge on any atom is -0.497 e. The molecular weight excluding hydrogens is 377 g/mol. The van der Waals surface area contributed by atoms with Crippen molar-refractivity contribution in [3.8, 4) is 22.9 Å². The highest BCUT2D eigenvalue weighted by Gasteiger charge is 2.15. The maximum atomic E-state index is 13.9. The summed E-state index contributed by atoms with van der Waals surface area (Å²) in [6.07, 6.45) is 2.11. The fraction of sp³-hybridized carbons (Fsp3) is 0.333. The Labute approximate surface area is 168 Å². The van der Waals surface area contributed by atoms with E-state index in [9.17, 15) is 4.39 Å². The number of unbranched alkanes of at least 4 members (excludes halogenated alkanes) is 1. The Balaban J connectivity index is 1.81. The number of hydrogen-bond acceptors (Lipinski definition) is 5. The summed E-state index contributed by atoms with van der Waals surface area (Å²) in [5.41, 5.74) is 1.87. The molecule has 1 aromatic heterocycles. The molecule has 28 heavy (non-hydrogen) atoms. The van der Waals surface area contributed by atoms with Crippen LogP contribution in [-0.2, 0) is 12.3 Å². The lowest BCUT2D eigenvalue weighted by Gasteiger charge is -2.10. The Morgan fingerprint density at radius 1 is 1.04 bits per heavy atom. The van der Waals surface area contributed by atoms with Gasteiger partial charge in [0.1, 0.15) is 5.75 Å². The molecule has 0 bridgehead atoms. The van der Waals surface area contributed by atoms with Crippen molar-refractivity contribution in [1.82, 2.24) is 14.8 Å². The lowest BCUT2D eigenvalue weighted by atomic mass is 10.2.